The first-order valence-corrected chi connectivity index (χ1v) is 12.7. The third-order valence-corrected chi connectivity index (χ3v) is 8.85. The van der Waals surface area contributed by atoms with Crippen LogP contribution in [-0.2, 0) is 27.8 Å². The molecule has 0 amide bonds. The molecule has 0 unspecified atom stereocenters. The number of aromatic nitrogens is 1. The number of ether oxygens (including phenoxy) is 1. The molecule has 4 aliphatic rings. The van der Waals surface area contributed by atoms with Crippen LogP contribution in [0.25, 0.3) is 0 Å². The van der Waals surface area contributed by atoms with Gasteiger partial charge in [-0.05, 0) is 56.2 Å². The van der Waals surface area contributed by atoms with Gasteiger partial charge in [-0.25, -0.2) is 12.7 Å². The molecule has 1 aromatic rings. The number of sulfonamides is 1. The van der Waals surface area contributed by atoms with Crippen molar-refractivity contribution in [3.63, 3.8) is 0 Å². The summed E-state index contributed by atoms with van der Waals surface area (Å²) in [6, 6.07) is 4.05. The molecule has 5 rings (SSSR count). The van der Waals surface area contributed by atoms with E-state index in [1.165, 1.54) is 12.7 Å². The number of nitrogens with zero attached hydrogens (tertiary/aromatic N) is 3. The molecule has 8 heteroatoms. The molecule has 0 aromatic carbocycles. The maximum Gasteiger partial charge on any atom is 0.255 e. The van der Waals surface area contributed by atoms with Crippen molar-refractivity contribution in [3.05, 3.63) is 33.7 Å². The van der Waals surface area contributed by atoms with E-state index >= 15 is 0 Å². The molecule has 3 fully saturated rings. The van der Waals surface area contributed by atoms with Gasteiger partial charge in [0.05, 0.1) is 12.9 Å². The van der Waals surface area contributed by atoms with Crippen LogP contribution < -0.4 is 5.56 Å². The van der Waals surface area contributed by atoms with Crippen LogP contribution in [0.4, 0.5) is 0 Å². The fourth-order valence-corrected chi connectivity index (χ4v) is 6.74. The summed E-state index contributed by atoms with van der Waals surface area (Å²) in [6.45, 7) is 6.21. The van der Waals surface area contributed by atoms with Gasteiger partial charge in [0.15, 0.2) is 0 Å². The Morgan fingerprint density at radius 2 is 1.93 bits per heavy atom. The zero-order valence-corrected chi connectivity index (χ0v) is 18.0. The zero-order valence-electron chi connectivity index (χ0n) is 17.2. The first-order valence-electron chi connectivity index (χ1n) is 10.8. The second-order valence-electron chi connectivity index (χ2n) is 9.66. The first kappa shape index (κ1) is 19.7. The predicted octanol–water partition coefficient (Wildman–Crippen LogP) is 1.23. The SMILES string of the molecule is CS(=O)(=O)N1C[C@@H]2C[C@H](C1)c1ccc(CN3CCC4(CCOC4)CC3)c(=O)n1C2. The second-order valence-corrected chi connectivity index (χ2v) is 11.6. The molecule has 5 heterocycles. The van der Waals surface area contributed by atoms with Crippen molar-refractivity contribution in [1.29, 1.82) is 0 Å². The average molecular weight is 422 g/mol. The standard InChI is InChI=1S/C21H31N3O4S/c1-29(26,27)23-11-16-10-18(14-23)19-3-2-17(20(25)24(19)12-16)13-22-7-4-21(5-8-22)6-9-28-15-21/h2-3,16,18H,4-15H2,1H3/t16-,18+/m0/s1. The highest BCUT2D eigenvalue weighted by Gasteiger charge is 2.39. The lowest BCUT2D eigenvalue weighted by molar-refractivity contribution is 0.0770. The van der Waals surface area contributed by atoms with Gasteiger partial charge in [-0.3, -0.25) is 9.69 Å². The quantitative estimate of drug-likeness (QED) is 0.734. The van der Waals surface area contributed by atoms with Crippen molar-refractivity contribution in [2.24, 2.45) is 11.3 Å². The summed E-state index contributed by atoms with van der Waals surface area (Å²) in [5.41, 5.74) is 2.37. The van der Waals surface area contributed by atoms with Crippen molar-refractivity contribution in [2.75, 3.05) is 45.6 Å². The molecule has 29 heavy (non-hydrogen) atoms. The molecule has 3 saturated heterocycles. The molecule has 7 nitrogen and oxygen atoms in total. The Morgan fingerprint density at radius 3 is 2.62 bits per heavy atom. The lowest BCUT2D eigenvalue weighted by atomic mass is 9.78. The van der Waals surface area contributed by atoms with E-state index < -0.39 is 10.0 Å². The molecular weight excluding hydrogens is 390 g/mol. The van der Waals surface area contributed by atoms with Crippen LogP contribution in [0.3, 0.4) is 0 Å². The van der Waals surface area contributed by atoms with Crippen LogP contribution in [-0.4, -0.2) is 67.8 Å². The van der Waals surface area contributed by atoms with Crippen LogP contribution in [0.15, 0.2) is 16.9 Å². The topological polar surface area (TPSA) is 71.9 Å². The number of pyridine rings is 1. The van der Waals surface area contributed by atoms with E-state index in [2.05, 4.69) is 11.0 Å². The summed E-state index contributed by atoms with van der Waals surface area (Å²) >= 11 is 0. The molecular formula is C21H31N3O4S. The minimum atomic E-state index is -3.19. The summed E-state index contributed by atoms with van der Waals surface area (Å²) in [4.78, 5) is 15.6. The molecule has 0 saturated carbocycles. The maximum atomic E-state index is 13.2. The third kappa shape index (κ3) is 3.69. The van der Waals surface area contributed by atoms with E-state index in [0.717, 1.165) is 56.8 Å². The number of likely N-dealkylation sites (tertiary alicyclic amines) is 1. The molecule has 1 spiro atoms. The average Bonchev–Trinajstić information content (AvgIpc) is 3.14. The fourth-order valence-electron chi connectivity index (χ4n) is 5.81. The van der Waals surface area contributed by atoms with Gasteiger partial charge in [0.25, 0.3) is 5.56 Å². The Hall–Kier alpha value is -1.22. The molecule has 2 bridgehead atoms. The lowest BCUT2D eigenvalue weighted by Gasteiger charge is -2.42. The van der Waals surface area contributed by atoms with E-state index in [1.807, 2.05) is 10.6 Å². The smallest absolute Gasteiger partial charge is 0.255 e. The molecule has 160 valence electrons. The van der Waals surface area contributed by atoms with Crippen LogP contribution in [0.1, 0.15) is 42.9 Å². The van der Waals surface area contributed by atoms with Gasteiger partial charge in [-0.15, -0.1) is 0 Å². The van der Waals surface area contributed by atoms with Gasteiger partial charge in [0.2, 0.25) is 10.0 Å². The normalized spacial score (nSPS) is 29.8. The van der Waals surface area contributed by atoms with Crippen molar-refractivity contribution < 1.29 is 13.2 Å². The summed E-state index contributed by atoms with van der Waals surface area (Å²) in [5.74, 6) is 0.345. The predicted molar refractivity (Wildman–Crippen MR) is 110 cm³/mol. The van der Waals surface area contributed by atoms with Crippen molar-refractivity contribution in [3.8, 4) is 0 Å². The summed E-state index contributed by atoms with van der Waals surface area (Å²) in [7, 11) is -3.19. The van der Waals surface area contributed by atoms with E-state index in [4.69, 9.17) is 4.74 Å². The fraction of sp³-hybridized carbons (Fsp3) is 0.762. The Kier molecular flexibility index (Phi) is 4.89. The zero-order chi connectivity index (χ0) is 20.2. The van der Waals surface area contributed by atoms with Gasteiger partial charge in [-0.2, -0.15) is 0 Å². The number of piperidine rings is 2. The van der Waals surface area contributed by atoms with Crippen LogP contribution in [0.5, 0.6) is 0 Å². The van der Waals surface area contributed by atoms with Crippen LogP contribution >= 0.6 is 0 Å². The molecule has 0 aliphatic carbocycles. The van der Waals surface area contributed by atoms with Crippen molar-refractivity contribution in [1.82, 2.24) is 13.8 Å². The number of hydrogen-bond acceptors (Lipinski definition) is 5. The summed E-state index contributed by atoms with van der Waals surface area (Å²) < 4.78 is 33.2. The number of fused-ring (bicyclic) bond motifs is 4. The Labute approximate surface area is 172 Å². The van der Waals surface area contributed by atoms with Gasteiger partial charge < -0.3 is 9.30 Å². The van der Waals surface area contributed by atoms with Gasteiger partial charge in [0.1, 0.15) is 0 Å². The monoisotopic (exact) mass is 421 g/mol. The molecule has 4 aliphatic heterocycles. The van der Waals surface area contributed by atoms with Crippen LogP contribution in [0.2, 0.25) is 0 Å². The van der Waals surface area contributed by atoms with Crippen LogP contribution in [0, 0.1) is 11.3 Å². The molecule has 2 atom stereocenters. The Morgan fingerprint density at radius 1 is 1.14 bits per heavy atom. The second kappa shape index (κ2) is 7.18. The largest absolute Gasteiger partial charge is 0.381 e. The van der Waals surface area contributed by atoms with Crippen molar-refractivity contribution in [2.45, 2.75) is 44.7 Å². The lowest BCUT2D eigenvalue weighted by Crippen LogP contribution is -2.49. The Balaban J connectivity index is 1.32. The first-order chi connectivity index (χ1) is 13.8. The Bertz CT molecular complexity index is 941. The molecule has 1 aromatic heterocycles. The minimum absolute atomic E-state index is 0.120. The van der Waals surface area contributed by atoms with Crippen molar-refractivity contribution >= 4 is 10.0 Å². The molecule has 0 radical (unpaired) electrons. The van der Waals surface area contributed by atoms with E-state index in [-0.39, 0.29) is 17.4 Å². The molecule has 0 N–H and O–H groups in total. The van der Waals surface area contributed by atoms with E-state index in [0.29, 0.717) is 31.6 Å². The number of rotatable bonds is 3. The minimum Gasteiger partial charge on any atom is -0.381 e. The summed E-state index contributed by atoms with van der Waals surface area (Å²) in [5, 5.41) is 0. The number of hydrogen-bond donors (Lipinski definition) is 0. The highest BCUT2D eigenvalue weighted by atomic mass is 32.2. The highest BCUT2D eigenvalue weighted by Crippen LogP contribution is 2.39. The van der Waals surface area contributed by atoms with Gasteiger partial charge in [-0.1, -0.05) is 6.07 Å². The van der Waals surface area contributed by atoms with E-state index in [9.17, 15) is 13.2 Å². The highest BCUT2D eigenvalue weighted by molar-refractivity contribution is 7.88. The third-order valence-electron chi connectivity index (χ3n) is 7.61. The summed E-state index contributed by atoms with van der Waals surface area (Å²) in [6.07, 6.45) is 5.75. The maximum absolute atomic E-state index is 13.2. The van der Waals surface area contributed by atoms with Gasteiger partial charge in [0, 0.05) is 50.0 Å². The van der Waals surface area contributed by atoms with Gasteiger partial charge >= 0.3 is 0 Å². The van der Waals surface area contributed by atoms with E-state index in [1.54, 1.807) is 4.31 Å².